The highest BCUT2D eigenvalue weighted by Gasteiger charge is 2.41. The molecule has 0 unspecified atom stereocenters. The maximum Gasteiger partial charge on any atom is 0.0409 e. The smallest absolute Gasteiger partial charge is 0.0409 e. The van der Waals surface area contributed by atoms with E-state index >= 15 is 0 Å². The summed E-state index contributed by atoms with van der Waals surface area (Å²) in [5.74, 6) is 0.147. The number of hydrogen-bond donors (Lipinski definition) is 0. The van der Waals surface area contributed by atoms with Crippen molar-refractivity contribution in [3.63, 3.8) is 0 Å². The third kappa shape index (κ3) is 2.68. The van der Waals surface area contributed by atoms with Gasteiger partial charge in [-0.15, -0.1) is 0 Å². The van der Waals surface area contributed by atoms with Crippen LogP contribution in [0.25, 0.3) is 22.3 Å². The highest BCUT2D eigenvalue weighted by molar-refractivity contribution is 6.32. The van der Waals surface area contributed by atoms with Crippen LogP contribution < -0.4 is 0 Å². The molecule has 4 aromatic carbocycles. The van der Waals surface area contributed by atoms with E-state index in [0.717, 1.165) is 20.1 Å². The Bertz CT molecular complexity index is 1150. The van der Waals surface area contributed by atoms with Crippen LogP contribution >= 0.6 is 46.4 Å². The second-order valence-corrected chi connectivity index (χ2v) is 9.63. The van der Waals surface area contributed by atoms with Crippen LogP contribution in [0, 0.1) is 0 Å². The Morgan fingerprint density at radius 2 is 0.600 bits per heavy atom. The van der Waals surface area contributed by atoms with Gasteiger partial charge in [-0.05, 0) is 93.0 Å². The first-order valence-corrected chi connectivity index (χ1v) is 11.2. The average molecular weight is 468 g/mol. The van der Waals surface area contributed by atoms with Crippen molar-refractivity contribution in [3.8, 4) is 22.3 Å². The van der Waals surface area contributed by atoms with Crippen LogP contribution in [0.15, 0.2) is 72.8 Å². The molecule has 0 nitrogen and oxygen atoms in total. The topological polar surface area (TPSA) is 0 Å². The highest BCUT2D eigenvalue weighted by Crippen LogP contribution is 2.59. The standard InChI is InChI=1S/C26H14Cl4/c27-13-1-5-17-18-6-2-14(28)10-22(18)25(21(17)9-13)26-23-11-15(29)3-7-19(23)20-8-4-16(30)12-24(20)26/h1-12,25-26H. The summed E-state index contributed by atoms with van der Waals surface area (Å²) in [6, 6.07) is 24.6. The van der Waals surface area contributed by atoms with Crippen molar-refractivity contribution in [1.29, 1.82) is 0 Å². The lowest BCUT2D eigenvalue weighted by molar-refractivity contribution is 0.724. The lowest BCUT2D eigenvalue weighted by atomic mass is 9.78. The van der Waals surface area contributed by atoms with E-state index < -0.39 is 0 Å². The van der Waals surface area contributed by atoms with Crippen molar-refractivity contribution in [2.75, 3.05) is 0 Å². The molecule has 4 heteroatoms. The fourth-order valence-electron chi connectivity index (χ4n) is 5.20. The number of fused-ring (bicyclic) bond motifs is 6. The minimum absolute atomic E-state index is 0.0735. The van der Waals surface area contributed by atoms with E-state index in [4.69, 9.17) is 46.4 Å². The van der Waals surface area contributed by atoms with Crippen LogP contribution in [0.4, 0.5) is 0 Å². The van der Waals surface area contributed by atoms with Gasteiger partial charge in [0.05, 0.1) is 0 Å². The summed E-state index contributed by atoms with van der Waals surface area (Å²) >= 11 is 25.8. The summed E-state index contributed by atoms with van der Waals surface area (Å²) in [6.07, 6.45) is 0. The molecule has 0 amide bonds. The minimum Gasteiger partial charge on any atom is -0.0843 e. The molecule has 146 valence electrons. The highest BCUT2D eigenvalue weighted by atomic mass is 35.5. The zero-order valence-electron chi connectivity index (χ0n) is 15.6. The molecule has 30 heavy (non-hydrogen) atoms. The van der Waals surface area contributed by atoms with Gasteiger partial charge in [-0.25, -0.2) is 0 Å². The number of benzene rings is 4. The van der Waals surface area contributed by atoms with Gasteiger partial charge in [-0.2, -0.15) is 0 Å². The van der Waals surface area contributed by atoms with E-state index in [2.05, 4.69) is 48.5 Å². The maximum absolute atomic E-state index is 6.45. The summed E-state index contributed by atoms with van der Waals surface area (Å²) in [5, 5.41) is 2.92. The van der Waals surface area contributed by atoms with Crippen molar-refractivity contribution >= 4 is 46.4 Å². The Kier molecular flexibility index (Phi) is 4.24. The molecular weight excluding hydrogens is 454 g/mol. The molecule has 0 bridgehead atoms. The number of halogens is 4. The minimum atomic E-state index is 0.0735. The van der Waals surface area contributed by atoms with Crippen molar-refractivity contribution < 1.29 is 0 Å². The summed E-state index contributed by atoms with van der Waals surface area (Å²) < 4.78 is 0. The molecule has 2 aliphatic carbocycles. The Morgan fingerprint density at radius 1 is 0.367 bits per heavy atom. The third-order valence-corrected chi connectivity index (χ3v) is 7.25. The van der Waals surface area contributed by atoms with Crippen LogP contribution in [0.2, 0.25) is 20.1 Å². The van der Waals surface area contributed by atoms with Gasteiger partial charge in [-0.1, -0.05) is 70.7 Å². The quantitative estimate of drug-likeness (QED) is 0.261. The first kappa shape index (κ1) is 18.8. The van der Waals surface area contributed by atoms with Gasteiger partial charge in [-0.3, -0.25) is 0 Å². The van der Waals surface area contributed by atoms with Gasteiger partial charge in [0.1, 0.15) is 0 Å². The van der Waals surface area contributed by atoms with Gasteiger partial charge in [0.25, 0.3) is 0 Å². The molecule has 0 aromatic heterocycles. The Hall–Kier alpha value is -1.96. The zero-order chi connectivity index (χ0) is 20.6. The van der Waals surface area contributed by atoms with E-state index in [0.29, 0.717) is 0 Å². The van der Waals surface area contributed by atoms with Gasteiger partial charge in [0.15, 0.2) is 0 Å². The van der Waals surface area contributed by atoms with Crippen LogP contribution in [0.3, 0.4) is 0 Å². The first-order chi connectivity index (χ1) is 14.5. The fourth-order valence-corrected chi connectivity index (χ4v) is 5.92. The normalized spacial score (nSPS) is 14.4. The molecule has 0 saturated carbocycles. The van der Waals surface area contributed by atoms with Crippen LogP contribution in [-0.4, -0.2) is 0 Å². The Morgan fingerprint density at radius 3 is 0.833 bits per heavy atom. The lowest BCUT2D eigenvalue weighted by Crippen LogP contribution is -2.10. The SMILES string of the molecule is Clc1ccc2c(c1)C(C1c3cc(Cl)ccc3-c3ccc(Cl)cc31)c1cc(Cl)ccc1-2. The monoisotopic (exact) mass is 466 g/mol. The molecule has 0 saturated heterocycles. The van der Waals surface area contributed by atoms with Gasteiger partial charge in [0, 0.05) is 31.9 Å². The summed E-state index contributed by atoms with van der Waals surface area (Å²) in [5.41, 5.74) is 9.66. The second kappa shape index (κ2) is 6.77. The summed E-state index contributed by atoms with van der Waals surface area (Å²) in [4.78, 5) is 0. The van der Waals surface area contributed by atoms with Gasteiger partial charge >= 0.3 is 0 Å². The molecule has 0 spiro atoms. The van der Waals surface area contributed by atoms with Crippen molar-refractivity contribution in [3.05, 3.63) is 115 Å². The van der Waals surface area contributed by atoms with E-state index in [1.807, 2.05) is 24.3 Å². The molecule has 0 N–H and O–H groups in total. The molecular formula is C26H14Cl4. The van der Waals surface area contributed by atoms with Crippen molar-refractivity contribution in [2.24, 2.45) is 0 Å². The molecule has 0 heterocycles. The van der Waals surface area contributed by atoms with Crippen molar-refractivity contribution in [2.45, 2.75) is 11.8 Å². The molecule has 0 radical (unpaired) electrons. The van der Waals surface area contributed by atoms with Crippen molar-refractivity contribution in [1.82, 2.24) is 0 Å². The molecule has 0 atom stereocenters. The lowest BCUT2D eigenvalue weighted by Gasteiger charge is -2.24. The van der Waals surface area contributed by atoms with E-state index in [1.54, 1.807) is 0 Å². The van der Waals surface area contributed by atoms with Gasteiger partial charge in [0.2, 0.25) is 0 Å². The fraction of sp³-hybridized carbons (Fsp3) is 0.0769. The molecule has 0 fully saturated rings. The Balaban J connectivity index is 1.69. The second-order valence-electron chi connectivity index (χ2n) is 7.88. The molecule has 4 aromatic rings. The van der Waals surface area contributed by atoms with Crippen LogP contribution in [0.5, 0.6) is 0 Å². The largest absolute Gasteiger partial charge is 0.0843 e. The maximum atomic E-state index is 6.45. The number of hydrogen-bond acceptors (Lipinski definition) is 0. The first-order valence-electron chi connectivity index (χ1n) is 9.70. The predicted molar refractivity (Wildman–Crippen MR) is 127 cm³/mol. The molecule has 0 aliphatic heterocycles. The summed E-state index contributed by atoms with van der Waals surface area (Å²) in [7, 11) is 0. The van der Waals surface area contributed by atoms with E-state index in [1.165, 1.54) is 44.5 Å². The Labute approximate surface area is 195 Å². The average Bonchev–Trinajstić information content (AvgIpc) is 3.18. The molecule has 6 rings (SSSR count). The zero-order valence-corrected chi connectivity index (χ0v) is 18.6. The predicted octanol–water partition coefficient (Wildman–Crippen LogP) is 9.22. The van der Waals surface area contributed by atoms with E-state index in [9.17, 15) is 0 Å². The van der Waals surface area contributed by atoms with E-state index in [-0.39, 0.29) is 11.8 Å². The van der Waals surface area contributed by atoms with Crippen LogP contribution in [-0.2, 0) is 0 Å². The van der Waals surface area contributed by atoms with Crippen LogP contribution in [0.1, 0.15) is 34.1 Å². The summed E-state index contributed by atoms with van der Waals surface area (Å²) in [6.45, 7) is 0. The van der Waals surface area contributed by atoms with Gasteiger partial charge < -0.3 is 0 Å². The molecule has 2 aliphatic rings. The number of rotatable bonds is 1. The third-order valence-electron chi connectivity index (χ3n) is 6.31.